The third kappa shape index (κ3) is 6.88. The molecule has 3 heteroatoms. The van der Waals surface area contributed by atoms with Crippen LogP contribution >= 0.6 is 0 Å². The molecule has 0 spiro atoms. The highest BCUT2D eigenvalue weighted by atomic mass is 16.1. The second kappa shape index (κ2) is 9.39. The van der Waals surface area contributed by atoms with Gasteiger partial charge >= 0.3 is 0 Å². The third-order valence-corrected chi connectivity index (χ3v) is 3.64. The summed E-state index contributed by atoms with van der Waals surface area (Å²) < 4.78 is 0. The zero-order valence-corrected chi connectivity index (χ0v) is 14.3. The lowest BCUT2D eigenvalue weighted by molar-refractivity contribution is -0.119. The quantitative estimate of drug-likeness (QED) is 0.690. The lowest BCUT2D eigenvalue weighted by Crippen LogP contribution is -2.24. The van der Waals surface area contributed by atoms with Crippen LogP contribution in [0.1, 0.15) is 75.2 Å². The van der Waals surface area contributed by atoms with Crippen molar-refractivity contribution in [3.8, 4) is 0 Å². The molecule has 0 aromatic heterocycles. The van der Waals surface area contributed by atoms with Crippen molar-refractivity contribution in [1.82, 2.24) is 5.32 Å². The lowest BCUT2D eigenvalue weighted by Gasteiger charge is -2.08. The van der Waals surface area contributed by atoms with Crippen LogP contribution in [0.25, 0.3) is 0 Å². The number of hydrogen-bond acceptors (Lipinski definition) is 2. The predicted molar refractivity (Wildman–Crippen MR) is 91.2 cm³/mol. The van der Waals surface area contributed by atoms with E-state index in [9.17, 15) is 9.59 Å². The van der Waals surface area contributed by atoms with Gasteiger partial charge in [0.15, 0.2) is 0 Å². The molecular weight excluding hydrogens is 274 g/mol. The molecule has 0 radical (unpaired) electrons. The minimum absolute atomic E-state index is 0.0381. The summed E-state index contributed by atoms with van der Waals surface area (Å²) in [7, 11) is 0. The molecule has 0 saturated carbocycles. The molecule has 0 bridgehead atoms. The number of nitrogens with one attached hydrogen (secondary N) is 1. The van der Waals surface area contributed by atoms with Gasteiger partial charge in [-0.3, -0.25) is 9.59 Å². The van der Waals surface area contributed by atoms with E-state index in [2.05, 4.69) is 33.0 Å². The van der Waals surface area contributed by atoms with Crippen LogP contribution in [0, 0.1) is 5.92 Å². The van der Waals surface area contributed by atoms with Gasteiger partial charge in [-0.15, -0.1) is 0 Å². The maximum atomic E-state index is 12.0. The van der Waals surface area contributed by atoms with Crippen molar-refractivity contribution in [2.45, 2.75) is 59.3 Å². The van der Waals surface area contributed by atoms with Gasteiger partial charge in [-0.2, -0.15) is 0 Å². The fourth-order valence-corrected chi connectivity index (χ4v) is 2.33. The Hall–Kier alpha value is -1.64. The van der Waals surface area contributed by atoms with Crippen molar-refractivity contribution in [1.29, 1.82) is 0 Å². The van der Waals surface area contributed by atoms with Crippen LogP contribution in [0.15, 0.2) is 24.3 Å². The molecule has 0 aliphatic carbocycles. The molecule has 1 aromatic carbocycles. The van der Waals surface area contributed by atoms with Crippen LogP contribution < -0.4 is 5.32 Å². The van der Waals surface area contributed by atoms with E-state index in [1.165, 1.54) is 5.56 Å². The van der Waals surface area contributed by atoms with Crippen molar-refractivity contribution < 1.29 is 9.59 Å². The summed E-state index contributed by atoms with van der Waals surface area (Å²) in [6.45, 7) is 9.01. The number of hydrogen-bond donors (Lipinski definition) is 1. The fourth-order valence-electron chi connectivity index (χ4n) is 2.33. The Balaban J connectivity index is 2.24. The van der Waals surface area contributed by atoms with Crippen LogP contribution in [0.2, 0.25) is 0 Å². The average molecular weight is 303 g/mol. The van der Waals surface area contributed by atoms with E-state index in [-0.39, 0.29) is 5.91 Å². The smallest absolute Gasteiger partial charge is 0.251 e. The van der Waals surface area contributed by atoms with Gasteiger partial charge in [-0.25, -0.2) is 0 Å². The molecule has 0 saturated heterocycles. The number of Topliss-reactive ketones (excluding diaryl/α,β-unsaturated/α-hetero) is 1. The molecule has 1 N–H and O–H groups in total. The van der Waals surface area contributed by atoms with Crippen molar-refractivity contribution in [2.75, 3.05) is 6.54 Å². The second-order valence-electron chi connectivity index (χ2n) is 6.63. The molecule has 0 aliphatic rings. The summed E-state index contributed by atoms with van der Waals surface area (Å²) in [4.78, 5) is 23.6. The van der Waals surface area contributed by atoms with Crippen LogP contribution in [0.4, 0.5) is 0 Å². The molecule has 22 heavy (non-hydrogen) atoms. The monoisotopic (exact) mass is 303 g/mol. The molecule has 122 valence electrons. The summed E-state index contributed by atoms with van der Waals surface area (Å²) in [5.74, 6) is 1.19. The van der Waals surface area contributed by atoms with Gasteiger partial charge in [-0.1, -0.05) is 39.8 Å². The zero-order chi connectivity index (χ0) is 16.5. The van der Waals surface area contributed by atoms with E-state index in [0.717, 1.165) is 12.8 Å². The normalized spacial score (nSPS) is 11.0. The maximum absolute atomic E-state index is 12.0. The Morgan fingerprint density at radius 3 is 2.18 bits per heavy atom. The molecule has 0 heterocycles. The first-order valence-corrected chi connectivity index (χ1v) is 8.30. The Morgan fingerprint density at radius 2 is 1.64 bits per heavy atom. The topological polar surface area (TPSA) is 46.2 Å². The molecule has 0 unspecified atom stereocenters. The van der Waals surface area contributed by atoms with E-state index in [4.69, 9.17) is 0 Å². The summed E-state index contributed by atoms with van der Waals surface area (Å²) in [5, 5.41) is 2.91. The van der Waals surface area contributed by atoms with Gasteiger partial charge in [0.25, 0.3) is 5.91 Å². The Bertz CT molecular complexity index is 475. The molecular formula is C19H29NO2. The van der Waals surface area contributed by atoms with Crippen molar-refractivity contribution in [2.24, 2.45) is 5.92 Å². The van der Waals surface area contributed by atoms with Crippen molar-refractivity contribution >= 4 is 11.7 Å². The summed E-state index contributed by atoms with van der Waals surface area (Å²) >= 11 is 0. The van der Waals surface area contributed by atoms with Crippen LogP contribution in [-0.4, -0.2) is 18.2 Å². The molecule has 1 amide bonds. The number of amides is 1. The predicted octanol–water partition coefficient (Wildman–Crippen LogP) is 4.33. The molecule has 3 nitrogen and oxygen atoms in total. The average Bonchev–Trinajstić information content (AvgIpc) is 2.46. The molecule has 1 rings (SSSR count). The van der Waals surface area contributed by atoms with Crippen molar-refractivity contribution in [3.63, 3.8) is 0 Å². The van der Waals surface area contributed by atoms with Gasteiger partial charge in [0, 0.05) is 24.9 Å². The van der Waals surface area contributed by atoms with Crippen molar-refractivity contribution in [3.05, 3.63) is 35.4 Å². The third-order valence-electron chi connectivity index (χ3n) is 3.64. The van der Waals surface area contributed by atoms with E-state index < -0.39 is 0 Å². The van der Waals surface area contributed by atoms with Gasteiger partial charge < -0.3 is 5.32 Å². The number of rotatable bonds is 9. The van der Waals surface area contributed by atoms with Crippen LogP contribution in [-0.2, 0) is 4.79 Å². The minimum atomic E-state index is -0.0381. The van der Waals surface area contributed by atoms with E-state index in [1.54, 1.807) is 0 Å². The molecule has 0 atom stereocenters. The number of benzene rings is 1. The Morgan fingerprint density at radius 1 is 1.00 bits per heavy atom. The highest BCUT2D eigenvalue weighted by Gasteiger charge is 2.07. The zero-order valence-electron chi connectivity index (χ0n) is 14.3. The maximum Gasteiger partial charge on any atom is 0.251 e. The number of ketones is 1. The highest BCUT2D eigenvalue weighted by molar-refractivity contribution is 5.94. The Labute approximate surface area is 134 Å². The van der Waals surface area contributed by atoms with Gasteiger partial charge in [-0.05, 0) is 42.4 Å². The molecule has 0 fully saturated rings. The number of unbranched alkanes of at least 4 members (excludes halogenated alkanes) is 1. The minimum Gasteiger partial charge on any atom is -0.352 e. The second-order valence-corrected chi connectivity index (χ2v) is 6.63. The summed E-state index contributed by atoms with van der Waals surface area (Å²) in [6, 6.07) is 7.75. The first kappa shape index (κ1) is 18.4. The van der Waals surface area contributed by atoms with E-state index in [0.29, 0.717) is 42.6 Å². The standard InChI is InChI=1S/C19H29NO2/c1-14(2)13-18(21)7-5-6-12-20-19(22)17-10-8-16(9-11-17)15(3)4/h8-11,14-15H,5-7,12-13H2,1-4H3,(H,20,22). The highest BCUT2D eigenvalue weighted by Crippen LogP contribution is 2.14. The van der Waals surface area contributed by atoms with E-state index in [1.807, 2.05) is 24.3 Å². The number of carbonyl (C=O) groups is 2. The largest absolute Gasteiger partial charge is 0.352 e. The molecule has 0 aliphatic heterocycles. The van der Waals surface area contributed by atoms with Crippen LogP contribution in [0.5, 0.6) is 0 Å². The van der Waals surface area contributed by atoms with Crippen LogP contribution in [0.3, 0.4) is 0 Å². The van der Waals surface area contributed by atoms with Gasteiger partial charge in [0.1, 0.15) is 5.78 Å². The SMILES string of the molecule is CC(C)CC(=O)CCCCNC(=O)c1ccc(C(C)C)cc1. The first-order chi connectivity index (χ1) is 10.4. The first-order valence-electron chi connectivity index (χ1n) is 8.30. The van der Waals surface area contributed by atoms with Gasteiger partial charge in [0.05, 0.1) is 0 Å². The molecule has 1 aromatic rings. The van der Waals surface area contributed by atoms with E-state index >= 15 is 0 Å². The van der Waals surface area contributed by atoms with Gasteiger partial charge in [0.2, 0.25) is 0 Å². The lowest BCUT2D eigenvalue weighted by atomic mass is 10.0. The fraction of sp³-hybridized carbons (Fsp3) is 0.579. The Kier molecular flexibility index (Phi) is 7.86. The summed E-state index contributed by atoms with van der Waals surface area (Å²) in [5.41, 5.74) is 1.93. The number of carbonyl (C=O) groups excluding carboxylic acids is 2. The summed E-state index contributed by atoms with van der Waals surface area (Å²) in [6.07, 6.45) is 2.98.